The summed E-state index contributed by atoms with van der Waals surface area (Å²) < 4.78 is 0. The second kappa shape index (κ2) is 4.72. The molecule has 0 saturated heterocycles. The molecule has 0 fully saturated rings. The summed E-state index contributed by atoms with van der Waals surface area (Å²) in [4.78, 5) is 20.8. The topological polar surface area (TPSA) is 58.5 Å². The molecule has 0 atom stereocenters. The molecule has 1 aromatic carbocycles. The largest absolute Gasteiger partial charge is 0.324 e. The number of halogens is 1. The lowest BCUT2D eigenvalue weighted by Crippen LogP contribution is -2.15. The molecule has 0 unspecified atom stereocenters. The smallest absolute Gasteiger partial charge is 0.249 e. The quantitative estimate of drug-likeness (QED) is 0.782. The highest BCUT2D eigenvalue weighted by atomic mass is 35.5. The highest BCUT2D eigenvalue weighted by molar-refractivity contribution is 6.31. The Balaban J connectivity index is 2.81. The third-order valence-electron chi connectivity index (χ3n) is 1.75. The van der Waals surface area contributed by atoms with E-state index in [9.17, 15) is 9.70 Å². The van der Waals surface area contributed by atoms with Crippen molar-refractivity contribution in [2.45, 2.75) is 6.92 Å². The number of nitroso groups, excluding NO2 is 1. The van der Waals surface area contributed by atoms with Gasteiger partial charge in [-0.3, -0.25) is 4.79 Å². The molecule has 1 N–H and O–H groups in total. The van der Waals surface area contributed by atoms with E-state index >= 15 is 0 Å². The van der Waals surface area contributed by atoms with Gasteiger partial charge in [0.25, 0.3) is 0 Å². The van der Waals surface area contributed by atoms with Gasteiger partial charge in [0.2, 0.25) is 5.91 Å². The average molecular weight is 213 g/mol. The zero-order chi connectivity index (χ0) is 10.6. The van der Waals surface area contributed by atoms with Gasteiger partial charge in [-0.1, -0.05) is 22.8 Å². The van der Waals surface area contributed by atoms with Gasteiger partial charge in [0.1, 0.15) is 0 Å². The molecule has 0 heterocycles. The van der Waals surface area contributed by atoms with Crippen molar-refractivity contribution in [3.05, 3.63) is 33.7 Å². The monoisotopic (exact) mass is 212 g/mol. The molecule has 0 bridgehead atoms. The van der Waals surface area contributed by atoms with Crippen LogP contribution in [0, 0.1) is 11.8 Å². The average Bonchev–Trinajstić information content (AvgIpc) is 2.13. The van der Waals surface area contributed by atoms with Gasteiger partial charge < -0.3 is 5.32 Å². The van der Waals surface area contributed by atoms with Crippen molar-refractivity contribution in [3.63, 3.8) is 0 Å². The molecular weight excluding hydrogens is 204 g/mol. The van der Waals surface area contributed by atoms with Crippen LogP contribution in [0.25, 0.3) is 0 Å². The molecule has 14 heavy (non-hydrogen) atoms. The van der Waals surface area contributed by atoms with E-state index in [2.05, 4.69) is 10.5 Å². The first-order valence-corrected chi connectivity index (χ1v) is 4.37. The lowest BCUT2D eigenvalue weighted by atomic mass is 10.2. The molecule has 0 aliphatic carbocycles. The lowest BCUT2D eigenvalue weighted by molar-refractivity contribution is -0.114. The number of hydrogen-bond acceptors (Lipinski definition) is 3. The van der Waals surface area contributed by atoms with Crippen molar-refractivity contribution in [1.82, 2.24) is 0 Å². The van der Waals surface area contributed by atoms with Gasteiger partial charge in [-0.2, -0.15) is 4.91 Å². The zero-order valence-electron chi connectivity index (χ0n) is 7.58. The van der Waals surface area contributed by atoms with Gasteiger partial charge in [-0.25, -0.2) is 0 Å². The lowest BCUT2D eigenvalue weighted by Gasteiger charge is -2.07. The number of nitrogens with zero attached hydrogens (tertiary/aromatic N) is 1. The molecule has 0 radical (unpaired) electrons. The molecule has 0 spiro atoms. The van der Waals surface area contributed by atoms with Crippen molar-refractivity contribution < 1.29 is 4.79 Å². The molecule has 0 aliphatic heterocycles. The first-order chi connectivity index (χ1) is 6.65. The van der Waals surface area contributed by atoms with Gasteiger partial charge in [0, 0.05) is 10.7 Å². The second-order valence-electron chi connectivity index (χ2n) is 2.75. The summed E-state index contributed by atoms with van der Waals surface area (Å²) in [5.41, 5.74) is 1.37. The number of nitrogens with one attached hydrogen (secondary N) is 1. The maximum atomic E-state index is 11.0. The van der Waals surface area contributed by atoms with E-state index in [1.807, 2.05) is 0 Å². The Morgan fingerprint density at radius 3 is 2.93 bits per heavy atom. The number of carbonyl (C=O) groups is 1. The Kier molecular flexibility index (Phi) is 3.59. The van der Waals surface area contributed by atoms with Crippen molar-refractivity contribution in [3.8, 4) is 0 Å². The van der Waals surface area contributed by atoms with E-state index in [-0.39, 0.29) is 6.54 Å². The van der Waals surface area contributed by atoms with Gasteiger partial charge in [-0.15, -0.1) is 0 Å². The standard InChI is InChI=1S/C9H9ClN2O2/c1-6-7(10)3-2-4-8(6)12-9(13)5-11-14/h2-4H,5H2,1H3,(H,12,13). The first kappa shape index (κ1) is 10.7. The molecule has 5 heteroatoms. The maximum Gasteiger partial charge on any atom is 0.249 e. The highest BCUT2D eigenvalue weighted by Gasteiger charge is 2.05. The molecule has 1 amide bonds. The van der Waals surface area contributed by atoms with Crippen LogP contribution in [0.3, 0.4) is 0 Å². The fourth-order valence-electron chi connectivity index (χ4n) is 0.991. The summed E-state index contributed by atoms with van der Waals surface area (Å²) in [5.74, 6) is -0.439. The van der Waals surface area contributed by atoms with E-state index in [0.717, 1.165) is 5.56 Å². The number of benzene rings is 1. The van der Waals surface area contributed by atoms with Crippen molar-refractivity contribution >= 4 is 23.2 Å². The zero-order valence-corrected chi connectivity index (χ0v) is 8.34. The van der Waals surface area contributed by atoms with Crippen LogP contribution in [-0.4, -0.2) is 12.5 Å². The summed E-state index contributed by atoms with van der Waals surface area (Å²) in [7, 11) is 0. The minimum atomic E-state index is -0.439. The number of carbonyl (C=O) groups excluding carboxylic acids is 1. The molecule has 1 aromatic rings. The third kappa shape index (κ3) is 2.53. The van der Waals surface area contributed by atoms with E-state index in [0.29, 0.717) is 10.7 Å². The van der Waals surface area contributed by atoms with Crippen LogP contribution in [0.2, 0.25) is 5.02 Å². The Morgan fingerprint density at radius 2 is 2.29 bits per heavy atom. The van der Waals surface area contributed by atoms with E-state index in [1.165, 1.54) is 0 Å². The first-order valence-electron chi connectivity index (χ1n) is 3.99. The summed E-state index contributed by atoms with van der Waals surface area (Å²) in [5, 5.41) is 5.59. The normalized spacial score (nSPS) is 9.57. The van der Waals surface area contributed by atoms with E-state index in [1.54, 1.807) is 25.1 Å². The fraction of sp³-hybridized carbons (Fsp3) is 0.222. The fourth-order valence-corrected chi connectivity index (χ4v) is 1.17. The number of anilines is 1. The van der Waals surface area contributed by atoms with Crippen LogP contribution in [-0.2, 0) is 4.79 Å². The van der Waals surface area contributed by atoms with Crippen molar-refractivity contribution in [2.24, 2.45) is 5.18 Å². The van der Waals surface area contributed by atoms with Crippen LogP contribution >= 0.6 is 11.6 Å². The predicted octanol–water partition coefficient (Wildman–Crippen LogP) is 2.35. The van der Waals surface area contributed by atoms with Crippen molar-refractivity contribution in [2.75, 3.05) is 11.9 Å². The Labute approximate surface area is 86.2 Å². The molecule has 0 saturated carbocycles. The van der Waals surface area contributed by atoms with Crippen LogP contribution in [0.15, 0.2) is 23.4 Å². The molecule has 0 aromatic heterocycles. The molecule has 0 aliphatic rings. The van der Waals surface area contributed by atoms with Gasteiger partial charge in [0.15, 0.2) is 6.54 Å². The molecule has 1 rings (SSSR count). The Hall–Kier alpha value is -1.42. The minimum absolute atomic E-state index is 0.383. The van der Waals surface area contributed by atoms with Crippen LogP contribution < -0.4 is 5.32 Å². The van der Waals surface area contributed by atoms with Gasteiger partial charge >= 0.3 is 0 Å². The second-order valence-corrected chi connectivity index (χ2v) is 3.15. The van der Waals surface area contributed by atoms with Crippen LogP contribution in [0.1, 0.15) is 5.56 Å². The third-order valence-corrected chi connectivity index (χ3v) is 2.16. The SMILES string of the molecule is Cc1c(Cl)cccc1NC(=O)CN=O. The van der Waals surface area contributed by atoms with Crippen LogP contribution in [0.5, 0.6) is 0 Å². The number of amides is 1. The summed E-state index contributed by atoms with van der Waals surface area (Å²) >= 11 is 5.84. The molecule has 74 valence electrons. The summed E-state index contributed by atoms with van der Waals surface area (Å²) in [6, 6.07) is 5.16. The van der Waals surface area contributed by atoms with E-state index in [4.69, 9.17) is 11.6 Å². The molecule has 4 nitrogen and oxygen atoms in total. The van der Waals surface area contributed by atoms with Crippen molar-refractivity contribution in [1.29, 1.82) is 0 Å². The van der Waals surface area contributed by atoms with Crippen LogP contribution in [0.4, 0.5) is 5.69 Å². The van der Waals surface area contributed by atoms with E-state index < -0.39 is 5.91 Å². The summed E-state index contributed by atoms with van der Waals surface area (Å²) in [6.45, 7) is 1.40. The highest BCUT2D eigenvalue weighted by Crippen LogP contribution is 2.22. The Bertz CT molecular complexity index is 366. The van der Waals surface area contributed by atoms with Gasteiger partial charge in [0.05, 0.1) is 0 Å². The number of rotatable bonds is 3. The Morgan fingerprint density at radius 1 is 1.57 bits per heavy atom. The van der Waals surface area contributed by atoms with Gasteiger partial charge in [-0.05, 0) is 24.6 Å². The minimum Gasteiger partial charge on any atom is -0.324 e. The summed E-state index contributed by atoms with van der Waals surface area (Å²) in [6.07, 6.45) is 0. The predicted molar refractivity (Wildman–Crippen MR) is 55.5 cm³/mol. The number of hydrogen-bond donors (Lipinski definition) is 1. The maximum absolute atomic E-state index is 11.0. The molecular formula is C9H9ClN2O2.